The van der Waals surface area contributed by atoms with Gasteiger partial charge in [0.05, 0.1) is 4.91 Å². The Morgan fingerprint density at radius 2 is 1.96 bits per heavy atom. The molecule has 1 aliphatic heterocycles. The largest absolute Gasteiger partial charge is 0.299 e. The molecule has 4 nitrogen and oxygen atoms in total. The van der Waals surface area contributed by atoms with E-state index in [0.29, 0.717) is 16.0 Å². The third-order valence-corrected chi connectivity index (χ3v) is 8.02. The molecule has 1 saturated heterocycles. The second-order valence-corrected chi connectivity index (χ2v) is 10.0. The fraction of sp³-hybridized carbons (Fsp3) is 0.450. The number of amidine groups is 1. The first-order valence-corrected chi connectivity index (χ1v) is 10.5. The lowest BCUT2D eigenvalue weighted by Crippen LogP contribution is -2.32. The average Bonchev–Trinajstić information content (AvgIpc) is 3.12. The Morgan fingerprint density at radius 3 is 2.58 bits per heavy atom. The van der Waals surface area contributed by atoms with Crippen molar-refractivity contribution in [2.75, 3.05) is 0 Å². The fourth-order valence-electron chi connectivity index (χ4n) is 4.37. The van der Waals surface area contributed by atoms with E-state index in [2.05, 4.69) is 52.2 Å². The summed E-state index contributed by atoms with van der Waals surface area (Å²) in [6, 6.07) is 7.86. The number of hydrogen-bond acceptors (Lipinski definition) is 4. The van der Waals surface area contributed by atoms with Gasteiger partial charge in [-0.2, -0.15) is 5.10 Å². The van der Waals surface area contributed by atoms with Crippen molar-refractivity contribution in [3.05, 3.63) is 39.2 Å². The SMILES string of the molecule is CC12CCC(CC1=N/N=C1\NC(=O)C(=Cc3ccc(Br)cc3)S1)C2(C)C. The number of hydrogen-bond donors (Lipinski definition) is 1. The fourth-order valence-corrected chi connectivity index (χ4v) is 5.41. The van der Waals surface area contributed by atoms with E-state index in [9.17, 15) is 4.79 Å². The summed E-state index contributed by atoms with van der Waals surface area (Å²) < 4.78 is 1.02. The smallest absolute Gasteiger partial charge is 0.264 e. The lowest BCUT2D eigenvalue weighted by Gasteiger charge is -2.34. The van der Waals surface area contributed by atoms with Crippen LogP contribution in [0, 0.1) is 16.7 Å². The minimum absolute atomic E-state index is 0.114. The summed E-state index contributed by atoms with van der Waals surface area (Å²) in [4.78, 5) is 12.9. The van der Waals surface area contributed by atoms with Crippen LogP contribution in [0.5, 0.6) is 0 Å². The van der Waals surface area contributed by atoms with Crippen LogP contribution < -0.4 is 5.32 Å². The monoisotopic (exact) mass is 431 g/mol. The van der Waals surface area contributed by atoms with Gasteiger partial charge in [0.15, 0.2) is 5.17 Å². The van der Waals surface area contributed by atoms with Gasteiger partial charge in [-0.15, -0.1) is 5.10 Å². The van der Waals surface area contributed by atoms with Gasteiger partial charge < -0.3 is 0 Å². The molecule has 1 heterocycles. The number of amides is 1. The van der Waals surface area contributed by atoms with Gasteiger partial charge in [0.2, 0.25) is 0 Å². The van der Waals surface area contributed by atoms with Crippen molar-refractivity contribution in [2.45, 2.75) is 40.0 Å². The van der Waals surface area contributed by atoms with E-state index in [1.807, 2.05) is 30.3 Å². The van der Waals surface area contributed by atoms with Crippen LogP contribution in [0.25, 0.3) is 6.08 Å². The molecule has 1 N–H and O–H groups in total. The maximum atomic E-state index is 12.2. The van der Waals surface area contributed by atoms with Gasteiger partial charge in [0, 0.05) is 15.6 Å². The summed E-state index contributed by atoms with van der Waals surface area (Å²) in [5.74, 6) is 0.585. The highest BCUT2D eigenvalue weighted by molar-refractivity contribution is 9.10. The van der Waals surface area contributed by atoms with Gasteiger partial charge in [-0.05, 0) is 66.1 Å². The third-order valence-electron chi connectivity index (χ3n) is 6.59. The summed E-state index contributed by atoms with van der Waals surface area (Å²) in [6.45, 7) is 7.02. The molecule has 0 aromatic heterocycles. The maximum Gasteiger partial charge on any atom is 0.264 e. The molecule has 3 fully saturated rings. The highest BCUT2D eigenvalue weighted by Crippen LogP contribution is 2.64. The highest BCUT2D eigenvalue weighted by atomic mass is 79.9. The predicted molar refractivity (Wildman–Crippen MR) is 112 cm³/mol. The Kier molecular flexibility index (Phi) is 4.39. The topological polar surface area (TPSA) is 53.8 Å². The van der Waals surface area contributed by atoms with Crippen LogP contribution in [0.2, 0.25) is 0 Å². The van der Waals surface area contributed by atoms with Crippen LogP contribution in [-0.4, -0.2) is 16.8 Å². The molecule has 2 aliphatic carbocycles. The van der Waals surface area contributed by atoms with Gasteiger partial charge >= 0.3 is 0 Å². The number of benzene rings is 1. The summed E-state index contributed by atoms with van der Waals surface area (Å²) in [6.07, 6.45) is 5.37. The lowest BCUT2D eigenvalue weighted by atomic mass is 9.70. The standard InChI is InChI=1S/C20H22BrN3OS/c1-19(2)13-8-9-20(19,3)16(11-13)23-24-18-22-17(25)15(26-18)10-12-4-6-14(21)7-5-12/h4-7,10,13H,8-9,11H2,1-3H3,(H,22,24,25). The molecule has 26 heavy (non-hydrogen) atoms. The lowest BCUT2D eigenvalue weighted by molar-refractivity contribution is -0.115. The number of fused-ring (bicyclic) bond motifs is 2. The second-order valence-electron chi connectivity index (χ2n) is 8.06. The average molecular weight is 432 g/mol. The van der Waals surface area contributed by atoms with Gasteiger partial charge in [0.25, 0.3) is 5.91 Å². The third kappa shape index (κ3) is 2.87. The van der Waals surface area contributed by atoms with Crippen LogP contribution >= 0.6 is 27.7 Å². The molecule has 2 unspecified atom stereocenters. The molecule has 0 spiro atoms. The van der Waals surface area contributed by atoms with E-state index in [-0.39, 0.29) is 16.7 Å². The van der Waals surface area contributed by atoms with E-state index in [0.717, 1.165) is 16.5 Å². The predicted octanol–water partition coefficient (Wildman–Crippen LogP) is 5.21. The van der Waals surface area contributed by atoms with Gasteiger partial charge in [0.1, 0.15) is 0 Å². The van der Waals surface area contributed by atoms with Crippen molar-refractivity contribution in [1.29, 1.82) is 0 Å². The minimum Gasteiger partial charge on any atom is -0.299 e. The summed E-state index contributed by atoms with van der Waals surface area (Å²) in [7, 11) is 0. The molecule has 1 aromatic carbocycles. The van der Waals surface area contributed by atoms with Crippen LogP contribution in [0.3, 0.4) is 0 Å². The molecule has 1 amide bonds. The zero-order valence-electron chi connectivity index (χ0n) is 15.2. The molecule has 2 bridgehead atoms. The summed E-state index contributed by atoms with van der Waals surface area (Å²) >= 11 is 4.77. The maximum absolute atomic E-state index is 12.2. The van der Waals surface area contributed by atoms with Crippen molar-refractivity contribution in [1.82, 2.24) is 5.32 Å². The number of nitrogens with one attached hydrogen (secondary N) is 1. The number of halogens is 1. The van der Waals surface area contributed by atoms with E-state index in [1.54, 1.807) is 0 Å². The Morgan fingerprint density at radius 1 is 1.23 bits per heavy atom. The second kappa shape index (κ2) is 6.34. The van der Waals surface area contributed by atoms with Gasteiger partial charge in [-0.1, -0.05) is 48.8 Å². The van der Waals surface area contributed by atoms with Crippen molar-refractivity contribution >= 4 is 50.6 Å². The highest BCUT2D eigenvalue weighted by Gasteiger charge is 2.60. The van der Waals surface area contributed by atoms with Crippen LogP contribution in [0.4, 0.5) is 0 Å². The normalized spacial score (nSPS) is 34.2. The minimum atomic E-state index is -0.114. The first-order chi connectivity index (χ1) is 12.3. The Hall–Kier alpha value is -1.40. The van der Waals surface area contributed by atoms with Crippen molar-refractivity contribution in [2.24, 2.45) is 27.0 Å². The van der Waals surface area contributed by atoms with E-state index < -0.39 is 0 Å². The van der Waals surface area contributed by atoms with Gasteiger partial charge in [-0.25, -0.2) is 0 Å². The molecular weight excluding hydrogens is 410 g/mol. The molecule has 3 aliphatic rings. The quantitative estimate of drug-likeness (QED) is 0.515. The Bertz CT molecular complexity index is 856. The van der Waals surface area contributed by atoms with Crippen LogP contribution in [0.1, 0.15) is 45.6 Å². The van der Waals surface area contributed by atoms with Crippen molar-refractivity contribution in [3.8, 4) is 0 Å². The summed E-state index contributed by atoms with van der Waals surface area (Å²) in [5.41, 5.74) is 2.59. The molecule has 4 rings (SSSR count). The Balaban J connectivity index is 1.53. The molecule has 1 aromatic rings. The molecule has 6 heteroatoms. The first-order valence-electron chi connectivity index (χ1n) is 8.91. The number of nitrogens with zero attached hydrogens (tertiary/aromatic N) is 2. The van der Waals surface area contributed by atoms with E-state index in [1.165, 1.54) is 30.3 Å². The zero-order valence-corrected chi connectivity index (χ0v) is 17.6. The summed E-state index contributed by atoms with van der Waals surface area (Å²) in [5, 5.41) is 12.3. The number of rotatable bonds is 2. The van der Waals surface area contributed by atoms with Crippen molar-refractivity contribution in [3.63, 3.8) is 0 Å². The van der Waals surface area contributed by atoms with Gasteiger partial charge in [-0.3, -0.25) is 10.1 Å². The van der Waals surface area contributed by atoms with Crippen molar-refractivity contribution < 1.29 is 4.79 Å². The molecule has 2 saturated carbocycles. The van der Waals surface area contributed by atoms with E-state index >= 15 is 0 Å². The molecule has 136 valence electrons. The number of carbonyl (C=O) groups is 1. The zero-order chi connectivity index (χ0) is 18.5. The molecule has 0 radical (unpaired) electrons. The number of carbonyl (C=O) groups excluding carboxylic acids is 1. The first kappa shape index (κ1) is 18.0. The molecular formula is C20H22BrN3OS. The van der Waals surface area contributed by atoms with Crippen LogP contribution in [0.15, 0.2) is 43.8 Å². The Labute approximate surface area is 166 Å². The van der Waals surface area contributed by atoms with E-state index in [4.69, 9.17) is 0 Å². The number of thioether (sulfide) groups is 1. The molecule has 2 atom stereocenters. The van der Waals surface area contributed by atoms with Crippen LogP contribution in [-0.2, 0) is 4.79 Å².